The van der Waals surface area contributed by atoms with Crippen LogP contribution in [0.4, 0.5) is 0 Å². The second-order valence-electron chi connectivity index (χ2n) is 6.40. The van der Waals surface area contributed by atoms with Gasteiger partial charge < -0.3 is 9.47 Å². The van der Waals surface area contributed by atoms with E-state index in [1.807, 2.05) is 53.9 Å². The van der Waals surface area contributed by atoms with Gasteiger partial charge in [-0.1, -0.05) is 24.3 Å². The van der Waals surface area contributed by atoms with Gasteiger partial charge in [-0.3, -0.25) is 4.79 Å². The average molecular weight is 392 g/mol. The largest absolute Gasteiger partial charge is 0.497 e. The molecule has 0 saturated carbocycles. The Balaban J connectivity index is 1.72. The zero-order valence-corrected chi connectivity index (χ0v) is 16.5. The molecule has 6 heteroatoms. The average Bonchev–Trinajstić information content (AvgIpc) is 3.43. The molecule has 4 rings (SSSR count). The van der Waals surface area contributed by atoms with Crippen LogP contribution in [0.1, 0.15) is 33.3 Å². The fourth-order valence-electron chi connectivity index (χ4n) is 3.27. The molecule has 3 aromatic rings. The molecule has 0 N–H and O–H groups in total. The molecule has 142 valence electrons. The smallest absolute Gasteiger partial charge is 0.274 e. The van der Waals surface area contributed by atoms with Crippen LogP contribution in [-0.4, -0.2) is 30.8 Å². The molecular weight excluding hydrogens is 372 g/mol. The third kappa shape index (κ3) is 3.51. The van der Waals surface area contributed by atoms with Gasteiger partial charge in [-0.25, -0.2) is 5.01 Å². The Morgan fingerprint density at radius 1 is 1.04 bits per heavy atom. The van der Waals surface area contributed by atoms with Crippen LogP contribution >= 0.6 is 11.3 Å². The predicted molar refractivity (Wildman–Crippen MR) is 110 cm³/mol. The van der Waals surface area contributed by atoms with Crippen molar-refractivity contribution in [1.29, 1.82) is 0 Å². The van der Waals surface area contributed by atoms with E-state index in [0.717, 1.165) is 21.9 Å². The number of hydrogen-bond donors (Lipinski definition) is 0. The summed E-state index contributed by atoms with van der Waals surface area (Å²) in [5, 5.41) is 8.33. The van der Waals surface area contributed by atoms with Crippen molar-refractivity contribution in [1.82, 2.24) is 5.01 Å². The van der Waals surface area contributed by atoms with Crippen molar-refractivity contribution in [2.24, 2.45) is 5.10 Å². The first-order valence-electron chi connectivity index (χ1n) is 8.92. The number of carbonyl (C=O) groups excluding carboxylic acids is 1. The topological polar surface area (TPSA) is 51.1 Å². The van der Waals surface area contributed by atoms with Crippen LogP contribution in [0.5, 0.6) is 11.5 Å². The van der Waals surface area contributed by atoms with Gasteiger partial charge in [0, 0.05) is 22.4 Å². The second kappa shape index (κ2) is 7.86. The summed E-state index contributed by atoms with van der Waals surface area (Å²) in [7, 11) is 3.23. The van der Waals surface area contributed by atoms with Crippen LogP contribution in [0.25, 0.3) is 0 Å². The van der Waals surface area contributed by atoms with Gasteiger partial charge in [0.05, 0.1) is 26.0 Å². The van der Waals surface area contributed by atoms with Gasteiger partial charge in [0.15, 0.2) is 0 Å². The van der Waals surface area contributed by atoms with E-state index in [0.29, 0.717) is 17.7 Å². The number of benzene rings is 2. The maximum Gasteiger partial charge on any atom is 0.274 e. The molecule has 1 aliphatic heterocycles. The first-order chi connectivity index (χ1) is 13.7. The van der Waals surface area contributed by atoms with Gasteiger partial charge in [0.2, 0.25) is 0 Å². The van der Waals surface area contributed by atoms with Crippen LogP contribution in [0.3, 0.4) is 0 Å². The lowest BCUT2D eigenvalue weighted by atomic mass is 10.0. The summed E-state index contributed by atoms with van der Waals surface area (Å²) < 4.78 is 10.6. The number of methoxy groups -OCH3 is 2. The van der Waals surface area contributed by atoms with E-state index < -0.39 is 0 Å². The van der Waals surface area contributed by atoms with Crippen molar-refractivity contribution in [3.63, 3.8) is 0 Å². The Hall–Kier alpha value is -3.12. The highest BCUT2D eigenvalue weighted by atomic mass is 32.1. The minimum atomic E-state index is -0.143. The minimum absolute atomic E-state index is 0.125. The minimum Gasteiger partial charge on any atom is -0.497 e. The van der Waals surface area contributed by atoms with Crippen LogP contribution in [0.2, 0.25) is 0 Å². The van der Waals surface area contributed by atoms with Crippen LogP contribution in [0.15, 0.2) is 71.1 Å². The number of nitrogens with zero attached hydrogens (tertiary/aromatic N) is 2. The van der Waals surface area contributed by atoms with Crippen molar-refractivity contribution < 1.29 is 14.3 Å². The third-order valence-electron chi connectivity index (χ3n) is 4.71. The highest BCUT2D eigenvalue weighted by Gasteiger charge is 2.34. The lowest BCUT2D eigenvalue weighted by Gasteiger charge is -2.20. The van der Waals surface area contributed by atoms with Gasteiger partial charge in [0.1, 0.15) is 11.5 Å². The van der Waals surface area contributed by atoms with Crippen LogP contribution < -0.4 is 9.47 Å². The summed E-state index contributed by atoms with van der Waals surface area (Å²) >= 11 is 1.63. The highest BCUT2D eigenvalue weighted by molar-refractivity contribution is 7.10. The molecule has 0 bridgehead atoms. The van der Waals surface area contributed by atoms with Crippen molar-refractivity contribution >= 4 is 23.0 Å². The van der Waals surface area contributed by atoms with Gasteiger partial charge in [-0.15, -0.1) is 11.3 Å². The molecule has 1 aliphatic rings. The number of hydrogen-bond acceptors (Lipinski definition) is 5. The molecule has 0 saturated heterocycles. The maximum absolute atomic E-state index is 13.3. The Morgan fingerprint density at radius 3 is 2.50 bits per heavy atom. The monoisotopic (exact) mass is 392 g/mol. The molecule has 0 radical (unpaired) electrons. The molecule has 0 aliphatic carbocycles. The van der Waals surface area contributed by atoms with Crippen molar-refractivity contribution in [3.05, 3.63) is 82.0 Å². The van der Waals surface area contributed by atoms with E-state index in [9.17, 15) is 4.79 Å². The fraction of sp³-hybridized carbons (Fsp3) is 0.182. The molecule has 0 fully saturated rings. The Kier molecular flexibility index (Phi) is 5.12. The Labute approximate surface area is 167 Å². The first kappa shape index (κ1) is 18.3. The standard InChI is InChI=1S/C22H20N2O3S/c1-26-17-8-3-6-15(12-17)19-14-20(21-10-5-11-28-21)24(23-19)22(25)16-7-4-9-18(13-16)27-2/h3-13,20H,14H2,1-2H3/t20-/m0/s1. The molecule has 28 heavy (non-hydrogen) atoms. The Morgan fingerprint density at radius 2 is 1.79 bits per heavy atom. The van der Waals surface area contributed by atoms with Crippen LogP contribution in [-0.2, 0) is 0 Å². The van der Waals surface area contributed by atoms with Crippen molar-refractivity contribution in [3.8, 4) is 11.5 Å². The summed E-state index contributed by atoms with van der Waals surface area (Å²) in [6, 6.07) is 18.9. The van der Waals surface area contributed by atoms with E-state index in [1.54, 1.807) is 42.7 Å². The van der Waals surface area contributed by atoms with Gasteiger partial charge in [0.25, 0.3) is 5.91 Å². The van der Waals surface area contributed by atoms with Crippen molar-refractivity contribution in [2.45, 2.75) is 12.5 Å². The molecule has 2 aromatic carbocycles. The number of hydrazone groups is 1. The third-order valence-corrected chi connectivity index (χ3v) is 5.68. The highest BCUT2D eigenvalue weighted by Crippen LogP contribution is 2.36. The molecule has 1 atom stereocenters. The van der Waals surface area contributed by atoms with E-state index >= 15 is 0 Å². The van der Waals surface area contributed by atoms with E-state index in [4.69, 9.17) is 14.6 Å². The number of thiophene rings is 1. The number of ether oxygens (including phenoxy) is 2. The zero-order chi connectivity index (χ0) is 19.5. The predicted octanol–water partition coefficient (Wildman–Crippen LogP) is 4.76. The number of amides is 1. The zero-order valence-electron chi connectivity index (χ0n) is 15.7. The normalized spacial score (nSPS) is 16.0. The molecule has 1 aromatic heterocycles. The van der Waals surface area contributed by atoms with Gasteiger partial charge in [-0.05, 0) is 41.8 Å². The van der Waals surface area contributed by atoms with E-state index in [2.05, 4.69) is 0 Å². The molecule has 0 spiro atoms. The molecule has 1 amide bonds. The lowest BCUT2D eigenvalue weighted by molar-refractivity contribution is 0.0713. The molecule has 0 unspecified atom stereocenters. The lowest BCUT2D eigenvalue weighted by Crippen LogP contribution is -2.26. The summed E-state index contributed by atoms with van der Waals surface area (Å²) in [6.07, 6.45) is 0.656. The summed E-state index contributed by atoms with van der Waals surface area (Å²) in [6.45, 7) is 0. The van der Waals surface area contributed by atoms with E-state index in [1.165, 1.54) is 0 Å². The fourth-order valence-corrected chi connectivity index (χ4v) is 4.08. The summed E-state index contributed by atoms with van der Waals surface area (Å²) in [5.74, 6) is 1.27. The molecular formula is C22H20N2O3S. The van der Waals surface area contributed by atoms with Gasteiger partial charge in [-0.2, -0.15) is 5.10 Å². The van der Waals surface area contributed by atoms with Crippen LogP contribution in [0, 0.1) is 0 Å². The van der Waals surface area contributed by atoms with Gasteiger partial charge >= 0.3 is 0 Å². The first-order valence-corrected chi connectivity index (χ1v) is 9.80. The number of carbonyl (C=O) groups is 1. The van der Waals surface area contributed by atoms with E-state index in [-0.39, 0.29) is 11.9 Å². The SMILES string of the molecule is COc1cccc(C(=O)N2N=C(c3cccc(OC)c3)C[C@H]2c2cccs2)c1. The maximum atomic E-state index is 13.3. The molecule has 5 nitrogen and oxygen atoms in total. The quantitative estimate of drug-likeness (QED) is 0.629. The number of rotatable bonds is 5. The Bertz CT molecular complexity index is 1010. The van der Waals surface area contributed by atoms with Crippen molar-refractivity contribution in [2.75, 3.05) is 14.2 Å². The second-order valence-corrected chi connectivity index (χ2v) is 7.37. The summed E-state index contributed by atoms with van der Waals surface area (Å²) in [5.41, 5.74) is 2.38. The summed E-state index contributed by atoms with van der Waals surface area (Å²) in [4.78, 5) is 14.4. The molecule has 2 heterocycles.